The third-order valence-electron chi connectivity index (χ3n) is 4.05. The molecule has 12 heteroatoms. The summed E-state index contributed by atoms with van der Waals surface area (Å²) >= 11 is 0. The molecule has 0 aliphatic heterocycles. The van der Waals surface area contributed by atoms with E-state index in [4.69, 9.17) is 0 Å². The van der Waals surface area contributed by atoms with Gasteiger partial charge in [-0.3, -0.25) is 0 Å². The molecule has 0 atom stereocenters. The van der Waals surface area contributed by atoms with Crippen LogP contribution in [0.3, 0.4) is 0 Å². The Labute approximate surface area is 197 Å². The first-order valence-electron chi connectivity index (χ1n) is 9.72. The molecule has 0 aliphatic rings. The van der Waals surface area contributed by atoms with Crippen molar-refractivity contribution in [3.05, 3.63) is 73.2 Å². The highest BCUT2D eigenvalue weighted by Gasteiger charge is 2.23. The minimum atomic E-state index is -4.31. The number of esters is 2. The topological polar surface area (TPSA) is 139 Å². The molecule has 182 valence electrons. The standard InChI is InChI=1S/C22H22O10S2/c1-5-29-21(23)15(3)31-33(25,26)19-11-7-17(8-12-19)18-9-13-20(14-10-18)34(27,28)32-16(4)22(24)30-6-2/h7-14H,3-6H2,1-2H3. The average molecular weight is 511 g/mol. The monoisotopic (exact) mass is 510 g/mol. The van der Waals surface area contributed by atoms with Gasteiger partial charge < -0.3 is 17.8 Å². The van der Waals surface area contributed by atoms with Gasteiger partial charge in [0.05, 0.1) is 13.2 Å². The van der Waals surface area contributed by atoms with Crippen LogP contribution >= 0.6 is 0 Å². The van der Waals surface area contributed by atoms with Crippen molar-refractivity contribution in [1.82, 2.24) is 0 Å². The van der Waals surface area contributed by atoms with Crippen LogP contribution in [0.15, 0.2) is 83.0 Å². The summed E-state index contributed by atoms with van der Waals surface area (Å²) in [4.78, 5) is 22.6. The molecule has 2 aromatic rings. The van der Waals surface area contributed by atoms with Gasteiger partial charge in [-0.05, 0) is 62.4 Å². The van der Waals surface area contributed by atoms with Crippen molar-refractivity contribution in [3.8, 4) is 11.1 Å². The molecule has 0 amide bonds. The second-order valence-corrected chi connectivity index (χ2v) is 9.50. The summed E-state index contributed by atoms with van der Waals surface area (Å²) in [6, 6.07) is 10.9. The fourth-order valence-corrected chi connectivity index (χ4v) is 4.28. The van der Waals surface area contributed by atoms with Crippen LogP contribution in [0.25, 0.3) is 11.1 Å². The summed E-state index contributed by atoms with van der Waals surface area (Å²) in [5.74, 6) is -3.33. The molecule has 0 N–H and O–H groups in total. The Kier molecular flexibility index (Phi) is 8.60. The van der Waals surface area contributed by atoms with E-state index in [1.54, 1.807) is 13.8 Å². The molecule has 0 heterocycles. The van der Waals surface area contributed by atoms with Gasteiger partial charge in [0.1, 0.15) is 9.79 Å². The van der Waals surface area contributed by atoms with Crippen LogP contribution in [-0.4, -0.2) is 42.0 Å². The van der Waals surface area contributed by atoms with E-state index in [0.29, 0.717) is 11.1 Å². The summed E-state index contributed by atoms with van der Waals surface area (Å²) < 4.78 is 67.9. The number of ether oxygens (including phenoxy) is 2. The molecule has 2 aromatic carbocycles. The van der Waals surface area contributed by atoms with Crippen molar-refractivity contribution in [2.24, 2.45) is 0 Å². The van der Waals surface area contributed by atoms with E-state index in [9.17, 15) is 26.4 Å². The maximum atomic E-state index is 12.3. The van der Waals surface area contributed by atoms with Crippen LogP contribution in [0.2, 0.25) is 0 Å². The minimum absolute atomic E-state index is 0.0301. The van der Waals surface area contributed by atoms with Crippen molar-refractivity contribution in [2.75, 3.05) is 13.2 Å². The third kappa shape index (κ3) is 6.68. The number of rotatable bonds is 11. The van der Waals surface area contributed by atoms with E-state index < -0.39 is 43.7 Å². The van der Waals surface area contributed by atoms with Crippen LogP contribution in [0.1, 0.15) is 13.8 Å². The van der Waals surface area contributed by atoms with E-state index in [0.717, 1.165) is 0 Å². The predicted octanol–water partition coefficient (Wildman–Crippen LogP) is 2.92. The molecule has 0 spiro atoms. The molecule has 0 aliphatic carbocycles. The van der Waals surface area contributed by atoms with Crippen LogP contribution < -0.4 is 0 Å². The van der Waals surface area contributed by atoms with Crippen LogP contribution in [0.5, 0.6) is 0 Å². The number of carbonyl (C=O) groups excluding carboxylic acids is 2. The Hall–Kier alpha value is -3.64. The molecule has 0 fully saturated rings. The summed E-state index contributed by atoms with van der Waals surface area (Å²) in [6.07, 6.45) is 0. The first-order chi connectivity index (χ1) is 15.9. The molecular weight excluding hydrogens is 488 g/mol. The summed E-state index contributed by atoms with van der Waals surface area (Å²) in [5, 5.41) is 0. The Morgan fingerprint density at radius 3 is 1.21 bits per heavy atom. The fourth-order valence-electron chi connectivity index (χ4n) is 2.48. The normalized spacial score (nSPS) is 11.2. The maximum Gasteiger partial charge on any atom is 0.374 e. The average Bonchev–Trinajstić information content (AvgIpc) is 2.79. The van der Waals surface area contributed by atoms with Gasteiger partial charge in [-0.1, -0.05) is 24.3 Å². The molecule has 0 unspecified atom stereocenters. The highest BCUT2D eigenvalue weighted by Crippen LogP contribution is 2.25. The Bertz CT molecular complexity index is 1190. The number of benzene rings is 2. The Morgan fingerprint density at radius 1 is 0.647 bits per heavy atom. The molecular formula is C22H22O10S2. The van der Waals surface area contributed by atoms with Crippen molar-refractivity contribution in [2.45, 2.75) is 23.6 Å². The second kappa shape index (κ2) is 11.0. The fraction of sp³-hybridized carbons (Fsp3) is 0.182. The van der Waals surface area contributed by atoms with Crippen LogP contribution in [0, 0.1) is 0 Å². The highest BCUT2D eigenvalue weighted by atomic mass is 32.2. The zero-order chi connectivity index (χ0) is 25.5. The van der Waals surface area contributed by atoms with E-state index in [1.165, 1.54) is 48.5 Å². The Balaban J connectivity index is 2.16. The van der Waals surface area contributed by atoms with Crippen LogP contribution in [-0.2, 0) is 47.7 Å². The SMILES string of the molecule is C=C(OS(=O)(=O)c1ccc(-c2ccc(S(=O)(=O)OC(=C)C(=O)OCC)cc2)cc1)C(=O)OCC. The van der Waals surface area contributed by atoms with E-state index in [2.05, 4.69) is 31.0 Å². The molecule has 2 rings (SSSR count). The predicted molar refractivity (Wildman–Crippen MR) is 120 cm³/mol. The van der Waals surface area contributed by atoms with Crippen LogP contribution in [0.4, 0.5) is 0 Å². The number of hydrogen-bond acceptors (Lipinski definition) is 10. The molecule has 34 heavy (non-hydrogen) atoms. The lowest BCUT2D eigenvalue weighted by atomic mass is 10.1. The first kappa shape index (κ1) is 26.6. The summed E-state index contributed by atoms with van der Waals surface area (Å²) in [5.41, 5.74) is 1.12. The van der Waals surface area contributed by atoms with Crippen molar-refractivity contribution in [3.63, 3.8) is 0 Å². The van der Waals surface area contributed by atoms with E-state index >= 15 is 0 Å². The van der Waals surface area contributed by atoms with Gasteiger partial charge in [-0.25, -0.2) is 9.59 Å². The largest absolute Gasteiger partial charge is 0.460 e. The van der Waals surface area contributed by atoms with Gasteiger partial charge in [-0.15, -0.1) is 0 Å². The molecule has 0 saturated heterocycles. The van der Waals surface area contributed by atoms with E-state index in [1.807, 2.05) is 0 Å². The van der Waals surface area contributed by atoms with Gasteiger partial charge in [0.25, 0.3) is 0 Å². The molecule has 0 bridgehead atoms. The lowest BCUT2D eigenvalue weighted by molar-refractivity contribution is -0.141. The van der Waals surface area contributed by atoms with Gasteiger partial charge in [0.2, 0.25) is 11.5 Å². The number of carbonyl (C=O) groups is 2. The quantitative estimate of drug-likeness (QED) is 0.192. The molecule has 0 aromatic heterocycles. The molecule has 0 saturated carbocycles. The third-order valence-corrected chi connectivity index (χ3v) is 6.59. The smallest absolute Gasteiger partial charge is 0.374 e. The first-order valence-corrected chi connectivity index (χ1v) is 12.5. The lowest BCUT2D eigenvalue weighted by Gasteiger charge is -2.10. The zero-order valence-corrected chi connectivity index (χ0v) is 20.0. The van der Waals surface area contributed by atoms with Crippen molar-refractivity contribution in [1.29, 1.82) is 0 Å². The number of hydrogen-bond donors (Lipinski definition) is 0. The zero-order valence-electron chi connectivity index (χ0n) is 18.3. The van der Waals surface area contributed by atoms with Gasteiger partial charge in [0, 0.05) is 0 Å². The van der Waals surface area contributed by atoms with Crippen molar-refractivity contribution < 1.29 is 44.3 Å². The highest BCUT2D eigenvalue weighted by molar-refractivity contribution is 7.87. The van der Waals surface area contributed by atoms with Gasteiger partial charge >= 0.3 is 32.2 Å². The Morgan fingerprint density at radius 2 is 0.941 bits per heavy atom. The minimum Gasteiger partial charge on any atom is -0.460 e. The maximum absolute atomic E-state index is 12.3. The van der Waals surface area contributed by atoms with Gasteiger partial charge in [-0.2, -0.15) is 16.8 Å². The lowest BCUT2D eigenvalue weighted by Crippen LogP contribution is -2.14. The summed E-state index contributed by atoms with van der Waals surface area (Å²) in [6.45, 7) is 9.65. The van der Waals surface area contributed by atoms with Gasteiger partial charge in [0.15, 0.2) is 0 Å². The van der Waals surface area contributed by atoms with E-state index in [-0.39, 0.29) is 23.0 Å². The van der Waals surface area contributed by atoms with Crippen molar-refractivity contribution >= 4 is 32.2 Å². The molecule has 10 nitrogen and oxygen atoms in total. The molecule has 0 radical (unpaired) electrons. The summed E-state index contributed by atoms with van der Waals surface area (Å²) in [7, 11) is -8.63. The second-order valence-electron chi connectivity index (χ2n) is 6.41.